The summed E-state index contributed by atoms with van der Waals surface area (Å²) in [5, 5.41) is 1.14. The van der Waals surface area contributed by atoms with Crippen LogP contribution in [0.1, 0.15) is 28.2 Å². The van der Waals surface area contributed by atoms with Crippen molar-refractivity contribution in [3.05, 3.63) is 59.1 Å². The highest BCUT2D eigenvalue weighted by Gasteiger charge is 2.27. The van der Waals surface area contributed by atoms with Crippen LogP contribution in [0.15, 0.2) is 53.4 Å². The minimum atomic E-state index is 0.0956. The molecule has 0 amide bonds. The number of Topliss-reactive ketones (excluding diaryl/α,β-unsaturated/α-hetero) is 1. The molecule has 4 rings (SSSR count). The van der Waals surface area contributed by atoms with Crippen molar-refractivity contribution in [3.8, 4) is 0 Å². The van der Waals surface area contributed by atoms with Gasteiger partial charge < -0.3 is 0 Å². The van der Waals surface area contributed by atoms with E-state index in [1.165, 1.54) is 9.60 Å². The second-order valence-corrected chi connectivity index (χ2v) is 8.74. The summed E-state index contributed by atoms with van der Waals surface area (Å²) in [7, 11) is 0. The number of thioether (sulfide) groups is 1. The van der Waals surface area contributed by atoms with Gasteiger partial charge in [0.2, 0.25) is 0 Å². The van der Waals surface area contributed by atoms with Crippen molar-refractivity contribution in [2.75, 3.05) is 19.3 Å². The quantitative estimate of drug-likeness (QED) is 0.453. The molecule has 3 nitrogen and oxygen atoms in total. The molecule has 1 atom stereocenters. The maximum Gasteiger partial charge on any atom is 0.167 e. The first-order chi connectivity index (χ1) is 12.7. The number of thiazole rings is 1. The molecule has 1 aromatic heterocycles. The molecule has 1 aliphatic rings. The van der Waals surface area contributed by atoms with E-state index in [1.807, 2.05) is 30.3 Å². The van der Waals surface area contributed by atoms with Gasteiger partial charge in [-0.2, -0.15) is 0 Å². The highest BCUT2D eigenvalue weighted by Crippen LogP contribution is 2.26. The molecule has 0 spiro atoms. The van der Waals surface area contributed by atoms with E-state index < -0.39 is 0 Å². The first kappa shape index (κ1) is 17.7. The molecule has 1 saturated heterocycles. The van der Waals surface area contributed by atoms with Gasteiger partial charge in [0.15, 0.2) is 5.78 Å². The molecule has 5 heteroatoms. The highest BCUT2D eigenvalue weighted by molar-refractivity contribution is 7.98. The number of rotatable bonds is 5. The Morgan fingerprint density at radius 2 is 2.04 bits per heavy atom. The van der Waals surface area contributed by atoms with E-state index in [0.29, 0.717) is 0 Å². The molecule has 0 aliphatic carbocycles. The summed E-state index contributed by atoms with van der Waals surface area (Å²) in [5.74, 6) is 0.380. The Balaban J connectivity index is 1.43. The molecule has 134 valence electrons. The summed E-state index contributed by atoms with van der Waals surface area (Å²) in [6.45, 7) is 2.72. The van der Waals surface area contributed by atoms with Crippen molar-refractivity contribution in [1.29, 1.82) is 0 Å². The normalized spacial score (nSPS) is 18.3. The number of fused-ring (bicyclic) bond motifs is 1. The molecule has 3 aromatic rings. The van der Waals surface area contributed by atoms with Crippen LogP contribution in [0.2, 0.25) is 0 Å². The number of benzene rings is 2. The van der Waals surface area contributed by atoms with E-state index in [9.17, 15) is 4.79 Å². The molecule has 0 N–H and O–H groups in total. The fourth-order valence-corrected chi connectivity index (χ4v) is 5.00. The molecule has 2 aromatic carbocycles. The molecule has 1 aliphatic heterocycles. The molecule has 2 heterocycles. The average Bonchev–Trinajstić information content (AvgIpc) is 3.10. The Morgan fingerprint density at radius 3 is 2.81 bits per heavy atom. The predicted molar refractivity (Wildman–Crippen MR) is 110 cm³/mol. The van der Waals surface area contributed by atoms with Gasteiger partial charge in [-0.15, -0.1) is 23.1 Å². The molecule has 1 fully saturated rings. The number of hydrogen-bond acceptors (Lipinski definition) is 5. The van der Waals surface area contributed by atoms with Crippen molar-refractivity contribution < 1.29 is 4.79 Å². The summed E-state index contributed by atoms with van der Waals surface area (Å²) in [6.07, 6.45) is 4.11. The molecule has 0 saturated carbocycles. The second kappa shape index (κ2) is 7.91. The van der Waals surface area contributed by atoms with E-state index in [0.717, 1.165) is 48.6 Å². The number of piperidine rings is 1. The standard InChI is InChI=1S/C21H22N2OS2/c1-25-17-10-8-15(9-11-17)21(24)16-5-4-12-23(13-16)14-20-22-18-6-2-3-7-19(18)26-20/h2-3,6-11,16H,4-5,12-14H2,1H3/t16-/m1/s1. The number of para-hydroxylation sites is 1. The van der Waals surface area contributed by atoms with Crippen molar-refractivity contribution in [1.82, 2.24) is 9.88 Å². The van der Waals surface area contributed by atoms with Gasteiger partial charge in [-0.05, 0) is 49.9 Å². The van der Waals surface area contributed by atoms with Crippen LogP contribution in [0, 0.1) is 5.92 Å². The Labute approximate surface area is 162 Å². The van der Waals surface area contributed by atoms with E-state index >= 15 is 0 Å². The molecule has 0 unspecified atom stereocenters. The summed E-state index contributed by atoms with van der Waals surface area (Å²) in [4.78, 5) is 21.2. The number of carbonyl (C=O) groups is 1. The molecular formula is C21H22N2OS2. The summed E-state index contributed by atoms with van der Waals surface area (Å²) in [5.41, 5.74) is 1.92. The van der Waals surface area contributed by atoms with Crippen LogP contribution in [0.4, 0.5) is 0 Å². The Bertz CT molecular complexity index is 871. The Morgan fingerprint density at radius 1 is 1.23 bits per heavy atom. The monoisotopic (exact) mass is 382 g/mol. The topological polar surface area (TPSA) is 33.2 Å². The molecule has 0 radical (unpaired) electrons. The van der Waals surface area contributed by atoms with Crippen LogP contribution in [-0.4, -0.2) is 35.0 Å². The number of aromatic nitrogens is 1. The molecule has 0 bridgehead atoms. The van der Waals surface area contributed by atoms with Gasteiger partial charge in [-0.25, -0.2) is 4.98 Å². The van der Waals surface area contributed by atoms with Gasteiger partial charge in [-0.3, -0.25) is 9.69 Å². The molecular weight excluding hydrogens is 360 g/mol. The zero-order valence-electron chi connectivity index (χ0n) is 14.9. The Hall–Kier alpha value is -1.69. The summed E-state index contributed by atoms with van der Waals surface area (Å²) in [6, 6.07) is 16.3. The summed E-state index contributed by atoms with van der Waals surface area (Å²) >= 11 is 3.46. The van der Waals surface area contributed by atoms with Gasteiger partial charge in [0.25, 0.3) is 0 Å². The minimum Gasteiger partial charge on any atom is -0.296 e. The lowest BCUT2D eigenvalue weighted by Gasteiger charge is -2.31. The van der Waals surface area contributed by atoms with Gasteiger partial charge in [0.1, 0.15) is 5.01 Å². The zero-order chi connectivity index (χ0) is 17.9. The maximum absolute atomic E-state index is 12.9. The van der Waals surface area contributed by atoms with E-state index in [1.54, 1.807) is 23.1 Å². The minimum absolute atomic E-state index is 0.0956. The fourth-order valence-electron chi connectivity index (χ4n) is 3.58. The number of likely N-dealkylation sites (tertiary alicyclic amines) is 1. The molecule has 26 heavy (non-hydrogen) atoms. The lowest BCUT2D eigenvalue weighted by molar-refractivity contribution is 0.0811. The van der Waals surface area contributed by atoms with Crippen LogP contribution < -0.4 is 0 Å². The van der Waals surface area contributed by atoms with E-state index in [-0.39, 0.29) is 11.7 Å². The zero-order valence-corrected chi connectivity index (χ0v) is 16.5. The number of nitrogens with zero attached hydrogens (tertiary/aromatic N) is 2. The van der Waals surface area contributed by atoms with Crippen molar-refractivity contribution in [3.63, 3.8) is 0 Å². The lowest BCUT2D eigenvalue weighted by atomic mass is 9.90. The largest absolute Gasteiger partial charge is 0.296 e. The van der Waals surface area contributed by atoms with Gasteiger partial charge in [-0.1, -0.05) is 24.3 Å². The first-order valence-corrected chi connectivity index (χ1v) is 11.0. The Kier molecular flexibility index (Phi) is 5.38. The number of ketones is 1. The van der Waals surface area contributed by atoms with E-state index in [4.69, 9.17) is 4.98 Å². The third kappa shape index (κ3) is 3.85. The smallest absolute Gasteiger partial charge is 0.167 e. The van der Waals surface area contributed by atoms with Crippen molar-refractivity contribution in [2.45, 2.75) is 24.3 Å². The lowest BCUT2D eigenvalue weighted by Crippen LogP contribution is -2.38. The SMILES string of the molecule is CSc1ccc(C(=O)[C@@H]2CCCN(Cc3nc4ccccc4s3)C2)cc1. The van der Waals surface area contributed by atoms with Gasteiger partial charge >= 0.3 is 0 Å². The number of hydrogen-bond donors (Lipinski definition) is 0. The van der Waals surface area contributed by atoms with Gasteiger partial charge in [0, 0.05) is 22.9 Å². The van der Waals surface area contributed by atoms with Crippen LogP contribution >= 0.6 is 23.1 Å². The van der Waals surface area contributed by atoms with Crippen LogP contribution in [-0.2, 0) is 6.54 Å². The number of carbonyl (C=O) groups excluding carboxylic acids is 1. The summed E-state index contributed by atoms with van der Waals surface area (Å²) < 4.78 is 1.24. The third-order valence-corrected chi connectivity index (χ3v) is 6.71. The van der Waals surface area contributed by atoms with Crippen LogP contribution in [0.5, 0.6) is 0 Å². The van der Waals surface area contributed by atoms with Gasteiger partial charge in [0.05, 0.1) is 16.8 Å². The highest BCUT2D eigenvalue weighted by atomic mass is 32.2. The average molecular weight is 383 g/mol. The van der Waals surface area contributed by atoms with Crippen molar-refractivity contribution >= 4 is 39.1 Å². The first-order valence-electron chi connectivity index (χ1n) is 8.98. The van der Waals surface area contributed by atoms with Crippen LogP contribution in [0.3, 0.4) is 0 Å². The fraction of sp³-hybridized carbons (Fsp3) is 0.333. The second-order valence-electron chi connectivity index (χ2n) is 6.74. The van der Waals surface area contributed by atoms with Crippen molar-refractivity contribution in [2.24, 2.45) is 5.92 Å². The predicted octanol–water partition coefficient (Wildman–Crippen LogP) is 5.11. The van der Waals surface area contributed by atoms with Crippen LogP contribution in [0.25, 0.3) is 10.2 Å². The maximum atomic E-state index is 12.9. The van der Waals surface area contributed by atoms with E-state index in [2.05, 4.69) is 29.4 Å². The third-order valence-electron chi connectivity index (χ3n) is 4.95.